The first-order valence-electron chi connectivity index (χ1n) is 8.27. The Morgan fingerprint density at radius 1 is 1.08 bits per heavy atom. The number of hydrogen-bond acceptors (Lipinski definition) is 5. The van der Waals surface area contributed by atoms with Gasteiger partial charge in [-0.3, -0.25) is 14.5 Å². The lowest BCUT2D eigenvalue weighted by molar-refractivity contribution is -0.116. The van der Waals surface area contributed by atoms with E-state index in [1.54, 1.807) is 17.4 Å². The van der Waals surface area contributed by atoms with E-state index < -0.39 is 0 Å². The first kappa shape index (κ1) is 17.8. The molecule has 0 unspecified atom stereocenters. The molecule has 0 spiro atoms. The van der Waals surface area contributed by atoms with E-state index in [-0.39, 0.29) is 11.8 Å². The van der Waals surface area contributed by atoms with E-state index in [0.717, 1.165) is 42.5 Å². The first-order chi connectivity index (χ1) is 12.2. The van der Waals surface area contributed by atoms with Crippen LogP contribution in [0.1, 0.15) is 14.5 Å². The topological polar surface area (TPSA) is 52.7 Å². The first-order valence-corrected chi connectivity index (χ1v) is 10.0. The molecule has 2 aromatic rings. The van der Waals surface area contributed by atoms with Gasteiger partial charge in [-0.05, 0) is 29.0 Å². The Morgan fingerprint density at radius 2 is 1.84 bits per heavy atom. The maximum Gasteiger partial charge on any atom is 0.264 e. The van der Waals surface area contributed by atoms with E-state index in [2.05, 4.69) is 10.2 Å². The minimum absolute atomic E-state index is 0.0695. The molecule has 3 heterocycles. The number of rotatable bonds is 6. The Balaban J connectivity index is 1.34. The maximum absolute atomic E-state index is 12.3. The van der Waals surface area contributed by atoms with Gasteiger partial charge in [0.1, 0.15) is 0 Å². The lowest BCUT2D eigenvalue weighted by Crippen LogP contribution is -2.50. The van der Waals surface area contributed by atoms with Crippen molar-refractivity contribution in [3.05, 3.63) is 50.9 Å². The van der Waals surface area contributed by atoms with Gasteiger partial charge in [0, 0.05) is 50.2 Å². The van der Waals surface area contributed by atoms with Crippen molar-refractivity contribution >= 4 is 40.6 Å². The van der Waals surface area contributed by atoms with Crippen LogP contribution in [0.2, 0.25) is 0 Å². The molecule has 0 aromatic carbocycles. The zero-order valence-corrected chi connectivity index (χ0v) is 15.5. The second-order valence-corrected chi connectivity index (χ2v) is 7.68. The van der Waals surface area contributed by atoms with E-state index in [1.807, 2.05) is 46.0 Å². The zero-order valence-electron chi connectivity index (χ0n) is 13.9. The highest BCUT2D eigenvalue weighted by atomic mass is 32.1. The Bertz CT molecular complexity index is 703. The van der Waals surface area contributed by atoms with Crippen molar-refractivity contribution in [2.45, 2.75) is 0 Å². The Morgan fingerprint density at radius 3 is 2.52 bits per heavy atom. The summed E-state index contributed by atoms with van der Waals surface area (Å²) in [6.45, 7) is 4.59. The molecular formula is C18H21N3O2S2. The lowest BCUT2D eigenvalue weighted by atomic mass is 10.3. The average Bonchev–Trinajstić information content (AvgIpc) is 3.34. The Labute approximate surface area is 155 Å². The standard InChI is InChI=1S/C18H21N3O2S2/c22-17(6-5-15-3-1-13-24-15)19-7-8-20-9-11-21(12-10-20)18(23)16-4-2-14-25-16/h1-6,13-14H,7-12H2,(H,19,22)/b6-5+. The number of piperazine rings is 1. The third-order valence-electron chi connectivity index (χ3n) is 4.06. The summed E-state index contributed by atoms with van der Waals surface area (Å²) in [6, 6.07) is 7.72. The Kier molecular flexibility index (Phi) is 6.38. The average molecular weight is 376 g/mol. The van der Waals surface area contributed by atoms with Crippen LogP contribution in [0.4, 0.5) is 0 Å². The third kappa shape index (κ3) is 5.26. The van der Waals surface area contributed by atoms with Crippen LogP contribution < -0.4 is 5.32 Å². The highest BCUT2D eigenvalue weighted by Gasteiger charge is 2.22. The van der Waals surface area contributed by atoms with Gasteiger partial charge >= 0.3 is 0 Å². The number of carbonyl (C=O) groups excluding carboxylic acids is 2. The highest BCUT2D eigenvalue weighted by Crippen LogP contribution is 2.13. The van der Waals surface area contributed by atoms with Crippen LogP contribution in [-0.2, 0) is 4.79 Å². The number of carbonyl (C=O) groups is 2. The summed E-state index contributed by atoms with van der Waals surface area (Å²) < 4.78 is 0. The number of thiophene rings is 2. The van der Waals surface area contributed by atoms with Gasteiger partial charge < -0.3 is 10.2 Å². The molecule has 2 aromatic heterocycles. The van der Waals surface area contributed by atoms with Crippen LogP contribution in [0, 0.1) is 0 Å². The summed E-state index contributed by atoms with van der Waals surface area (Å²) in [5.41, 5.74) is 0. The lowest BCUT2D eigenvalue weighted by Gasteiger charge is -2.34. The van der Waals surface area contributed by atoms with Crippen molar-refractivity contribution in [1.82, 2.24) is 15.1 Å². The number of nitrogens with one attached hydrogen (secondary N) is 1. The van der Waals surface area contributed by atoms with Crippen LogP contribution in [0.3, 0.4) is 0 Å². The monoisotopic (exact) mass is 375 g/mol. The summed E-state index contributed by atoms with van der Waals surface area (Å²) in [7, 11) is 0. The summed E-state index contributed by atoms with van der Waals surface area (Å²) in [5, 5.41) is 6.82. The molecule has 2 amide bonds. The van der Waals surface area contributed by atoms with Gasteiger partial charge in [-0.25, -0.2) is 0 Å². The molecule has 0 bridgehead atoms. The van der Waals surface area contributed by atoms with Gasteiger partial charge in [-0.15, -0.1) is 22.7 Å². The van der Waals surface area contributed by atoms with Gasteiger partial charge in [0.05, 0.1) is 4.88 Å². The number of hydrogen-bond donors (Lipinski definition) is 1. The molecule has 1 fully saturated rings. The summed E-state index contributed by atoms with van der Waals surface area (Å²) in [6.07, 6.45) is 3.40. The molecule has 0 saturated carbocycles. The molecule has 1 N–H and O–H groups in total. The molecule has 25 heavy (non-hydrogen) atoms. The van der Waals surface area contributed by atoms with Gasteiger partial charge in [-0.2, -0.15) is 0 Å². The summed E-state index contributed by atoms with van der Waals surface area (Å²) in [5.74, 6) is 0.0570. The molecule has 5 nitrogen and oxygen atoms in total. The molecule has 0 radical (unpaired) electrons. The van der Waals surface area contributed by atoms with Crippen molar-refractivity contribution in [1.29, 1.82) is 0 Å². The predicted molar refractivity (Wildman–Crippen MR) is 103 cm³/mol. The smallest absolute Gasteiger partial charge is 0.264 e. The maximum atomic E-state index is 12.3. The molecular weight excluding hydrogens is 354 g/mol. The second kappa shape index (κ2) is 8.94. The van der Waals surface area contributed by atoms with Crippen LogP contribution in [-0.4, -0.2) is 60.9 Å². The molecule has 7 heteroatoms. The van der Waals surface area contributed by atoms with Crippen molar-refractivity contribution < 1.29 is 9.59 Å². The van der Waals surface area contributed by atoms with Gasteiger partial charge in [0.15, 0.2) is 0 Å². The van der Waals surface area contributed by atoms with Crippen LogP contribution >= 0.6 is 22.7 Å². The largest absolute Gasteiger partial charge is 0.351 e. The quantitative estimate of drug-likeness (QED) is 0.789. The minimum Gasteiger partial charge on any atom is -0.351 e. The third-order valence-corrected chi connectivity index (χ3v) is 5.76. The fourth-order valence-electron chi connectivity index (χ4n) is 2.67. The molecule has 3 rings (SSSR count). The minimum atomic E-state index is -0.0695. The molecule has 1 saturated heterocycles. The summed E-state index contributed by atoms with van der Waals surface area (Å²) >= 11 is 3.09. The zero-order chi connectivity index (χ0) is 17.5. The van der Waals surface area contributed by atoms with Gasteiger partial charge in [0.25, 0.3) is 5.91 Å². The van der Waals surface area contributed by atoms with Crippen molar-refractivity contribution in [2.75, 3.05) is 39.3 Å². The van der Waals surface area contributed by atoms with Gasteiger partial charge in [-0.1, -0.05) is 12.1 Å². The van der Waals surface area contributed by atoms with Crippen LogP contribution in [0.15, 0.2) is 41.1 Å². The highest BCUT2D eigenvalue weighted by molar-refractivity contribution is 7.12. The van der Waals surface area contributed by atoms with Crippen molar-refractivity contribution in [3.63, 3.8) is 0 Å². The fourth-order valence-corrected chi connectivity index (χ4v) is 3.98. The fraction of sp³-hybridized carbons (Fsp3) is 0.333. The van der Waals surface area contributed by atoms with E-state index in [9.17, 15) is 9.59 Å². The van der Waals surface area contributed by atoms with Crippen molar-refractivity contribution in [2.24, 2.45) is 0 Å². The molecule has 1 aliphatic heterocycles. The molecule has 1 aliphatic rings. The van der Waals surface area contributed by atoms with Crippen LogP contribution in [0.5, 0.6) is 0 Å². The van der Waals surface area contributed by atoms with E-state index in [4.69, 9.17) is 0 Å². The van der Waals surface area contributed by atoms with Crippen molar-refractivity contribution in [3.8, 4) is 0 Å². The van der Waals surface area contributed by atoms with E-state index >= 15 is 0 Å². The SMILES string of the molecule is O=C(/C=C/c1cccs1)NCCN1CCN(C(=O)c2cccs2)CC1. The molecule has 0 aliphatic carbocycles. The molecule has 0 atom stereocenters. The number of amides is 2. The Hall–Kier alpha value is -1.96. The van der Waals surface area contributed by atoms with Gasteiger partial charge in [0.2, 0.25) is 5.91 Å². The normalized spacial score (nSPS) is 15.6. The van der Waals surface area contributed by atoms with E-state index in [1.165, 1.54) is 11.3 Å². The van der Waals surface area contributed by atoms with E-state index in [0.29, 0.717) is 6.54 Å². The number of nitrogens with zero attached hydrogens (tertiary/aromatic N) is 2. The predicted octanol–water partition coefficient (Wildman–Crippen LogP) is 2.40. The second-order valence-electron chi connectivity index (χ2n) is 5.75. The molecule has 132 valence electrons. The van der Waals surface area contributed by atoms with Crippen LogP contribution in [0.25, 0.3) is 6.08 Å². The summed E-state index contributed by atoms with van der Waals surface area (Å²) in [4.78, 5) is 30.1.